The van der Waals surface area contributed by atoms with E-state index in [0.29, 0.717) is 5.71 Å². The van der Waals surface area contributed by atoms with Crippen LogP contribution in [0.1, 0.15) is 37.5 Å². The highest BCUT2D eigenvalue weighted by atomic mass is 16.3. The average Bonchev–Trinajstić information content (AvgIpc) is 3.72. The van der Waals surface area contributed by atoms with Gasteiger partial charge in [0.05, 0.1) is 27.8 Å². The van der Waals surface area contributed by atoms with Crippen molar-refractivity contribution in [2.24, 2.45) is 0 Å². The first-order valence-electron chi connectivity index (χ1n) is 16.5. The molecule has 0 fully saturated rings. The van der Waals surface area contributed by atoms with Crippen LogP contribution in [0.25, 0.3) is 82.7 Å². The van der Waals surface area contributed by atoms with Crippen LogP contribution in [0, 0.1) is 0 Å². The second-order valence-corrected chi connectivity index (χ2v) is 13.4. The maximum atomic E-state index is 6.65. The highest BCUT2D eigenvalue weighted by Gasteiger charge is 2.37. The van der Waals surface area contributed by atoms with Crippen LogP contribution < -0.4 is 0 Å². The lowest BCUT2D eigenvalue weighted by Crippen LogP contribution is -2.14. The van der Waals surface area contributed by atoms with Gasteiger partial charge in [-0.25, -0.2) is 4.98 Å². The van der Waals surface area contributed by atoms with Crippen LogP contribution in [0.15, 0.2) is 132 Å². The average molecular weight is 605 g/mol. The summed E-state index contributed by atoms with van der Waals surface area (Å²) in [6.45, 7) is 6.94. The fourth-order valence-corrected chi connectivity index (χ4v) is 8.42. The van der Waals surface area contributed by atoms with Gasteiger partial charge in [-0.3, -0.25) is 0 Å². The summed E-state index contributed by atoms with van der Waals surface area (Å²) >= 11 is 0. The fourth-order valence-electron chi connectivity index (χ4n) is 8.42. The van der Waals surface area contributed by atoms with Crippen molar-refractivity contribution in [3.63, 3.8) is 0 Å². The van der Waals surface area contributed by atoms with Crippen molar-refractivity contribution in [3.05, 3.63) is 144 Å². The minimum absolute atomic E-state index is 0.103. The van der Waals surface area contributed by atoms with Crippen LogP contribution in [0.4, 0.5) is 0 Å². The Labute approximate surface area is 272 Å². The molecule has 0 aliphatic heterocycles. The second-order valence-electron chi connectivity index (χ2n) is 13.4. The summed E-state index contributed by atoms with van der Waals surface area (Å²) < 4.78 is 9.15. The van der Waals surface area contributed by atoms with Crippen molar-refractivity contribution >= 4 is 54.6 Å². The minimum Gasteiger partial charge on any atom is -0.438 e. The number of nitrogens with zero attached hydrogens (tertiary/aromatic N) is 2. The highest BCUT2D eigenvalue weighted by Crippen LogP contribution is 2.53. The maximum Gasteiger partial charge on any atom is 0.230 e. The Kier molecular flexibility index (Phi) is 5.33. The van der Waals surface area contributed by atoms with Crippen LogP contribution in [0.5, 0.6) is 0 Å². The number of para-hydroxylation sites is 2. The van der Waals surface area contributed by atoms with Gasteiger partial charge in [-0.05, 0) is 63.7 Å². The Morgan fingerprint density at radius 1 is 0.638 bits per heavy atom. The quantitative estimate of drug-likeness (QED) is 0.201. The number of aromatic nitrogens is 2. The zero-order valence-electron chi connectivity index (χ0n) is 26.6. The normalized spacial score (nSPS) is 13.7. The van der Waals surface area contributed by atoms with Crippen molar-refractivity contribution in [3.8, 4) is 28.1 Å². The van der Waals surface area contributed by atoms with Crippen molar-refractivity contribution in [2.75, 3.05) is 0 Å². The molecule has 0 saturated heterocycles. The van der Waals surface area contributed by atoms with Crippen LogP contribution >= 0.6 is 0 Å². The van der Waals surface area contributed by atoms with Gasteiger partial charge in [0.1, 0.15) is 5.58 Å². The number of furan rings is 1. The van der Waals surface area contributed by atoms with E-state index in [1.165, 1.54) is 60.4 Å². The standard InChI is InChI=1S/C44H32N2O/c1-4-28-41(32-19-13-21-35-39(32)30-17-7-10-20-34(30)44(35,2)3)45-43-40(31-18-9-12-23-38(31)47-43)42(28)46-36-22-11-8-16-29(36)33-24-26-14-5-6-15-27(26)25-37(33)46/h5-25H,4H2,1-3H3. The molecule has 47 heavy (non-hydrogen) atoms. The predicted octanol–water partition coefficient (Wildman–Crippen LogP) is 11.8. The van der Waals surface area contributed by atoms with Crippen LogP contribution in [-0.4, -0.2) is 9.55 Å². The Morgan fingerprint density at radius 3 is 2.17 bits per heavy atom. The van der Waals surface area contributed by atoms with E-state index in [1.807, 2.05) is 6.07 Å². The third kappa shape index (κ3) is 3.49. The Hall–Kier alpha value is -5.67. The Morgan fingerprint density at radius 2 is 1.32 bits per heavy atom. The van der Waals surface area contributed by atoms with E-state index in [0.717, 1.165) is 39.7 Å². The number of rotatable bonds is 3. The molecular formula is C44H32N2O. The van der Waals surface area contributed by atoms with Crippen LogP contribution in [0.2, 0.25) is 0 Å². The monoisotopic (exact) mass is 604 g/mol. The van der Waals surface area contributed by atoms with Gasteiger partial charge < -0.3 is 8.98 Å². The molecule has 3 heteroatoms. The van der Waals surface area contributed by atoms with Gasteiger partial charge in [0.25, 0.3) is 0 Å². The van der Waals surface area contributed by atoms with E-state index in [1.54, 1.807) is 0 Å². The molecule has 0 amide bonds. The molecule has 0 bridgehead atoms. The number of pyridine rings is 1. The fraction of sp³-hybridized carbons (Fsp3) is 0.114. The van der Waals surface area contributed by atoms with E-state index in [-0.39, 0.29) is 5.41 Å². The highest BCUT2D eigenvalue weighted by molar-refractivity contribution is 6.17. The molecule has 10 rings (SSSR count). The number of fused-ring (bicyclic) bond motifs is 10. The largest absolute Gasteiger partial charge is 0.438 e. The molecular weight excluding hydrogens is 572 g/mol. The third-order valence-corrected chi connectivity index (χ3v) is 10.6. The molecule has 0 atom stereocenters. The van der Waals surface area contributed by atoms with E-state index in [2.05, 4.69) is 147 Å². The van der Waals surface area contributed by atoms with Crippen LogP contribution in [0.3, 0.4) is 0 Å². The summed E-state index contributed by atoms with van der Waals surface area (Å²) in [4.78, 5) is 5.45. The lowest BCUT2D eigenvalue weighted by molar-refractivity contribution is 0.654. The van der Waals surface area contributed by atoms with Gasteiger partial charge in [-0.15, -0.1) is 0 Å². The van der Waals surface area contributed by atoms with E-state index >= 15 is 0 Å². The first-order valence-corrected chi connectivity index (χ1v) is 16.5. The van der Waals surface area contributed by atoms with Gasteiger partial charge in [0.2, 0.25) is 5.71 Å². The molecule has 1 aliphatic rings. The van der Waals surface area contributed by atoms with Crippen molar-refractivity contribution in [1.82, 2.24) is 9.55 Å². The first kappa shape index (κ1) is 26.5. The Balaban J connectivity index is 1.41. The molecule has 3 heterocycles. The first-order chi connectivity index (χ1) is 23.0. The molecule has 0 N–H and O–H groups in total. The summed E-state index contributed by atoms with van der Waals surface area (Å²) in [7, 11) is 0. The molecule has 3 aromatic heterocycles. The van der Waals surface area contributed by atoms with Gasteiger partial charge in [-0.1, -0.05) is 124 Å². The van der Waals surface area contributed by atoms with Gasteiger partial charge in [0.15, 0.2) is 0 Å². The van der Waals surface area contributed by atoms with E-state index in [4.69, 9.17) is 9.40 Å². The summed E-state index contributed by atoms with van der Waals surface area (Å²) in [5.74, 6) is 0. The number of benzene rings is 6. The SMILES string of the molecule is CCc1c(-c2cccc3c2-c2ccccc2C3(C)C)nc2oc3ccccc3c2c1-n1c2ccccc2c2cc3ccccc3cc21. The molecule has 6 aromatic carbocycles. The lowest BCUT2D eigenvalue weighted by Gasteiger charge is -2.22. The number of hydrogen-bond donors (Lipinski definition) is 0. The van der Waals surface area contributed by atoms with E-state index < -0.39 is 0 Å². The molecule has 0 radical (unpaired) electrons. The van der Waals surface area contributed by atoms with Gasteiger partial charge >= 0.3 is 0 Å². The smallest absolute Gasteiger partial charge is 0.230 e. The maximum absolute atomic E-state index is 6.65. The van der Waals surface area contributed by atoms with Gasteiger partial charge in [-0.2, -0.15) is 0 Å². The van der Waals surface area contributed by atoms with Crippen molar-refractivity contribution in [1.29, 1.82) is 0 Å². The molecule has 3 nitrogen and oxygen atoms in total. The summed E-state index contributed by atoms with van der Waals surface area (Å²) in [5, 5.41) is 7.11. The molecule has 224 valence electrons. The molecule has 0 saturated carbocycles. The zero-order chi connectivity index (χ0) is 31.4. The molecule has 0 unspecified atom stereocenters. The summed E-state index contributed by atoms with van der Waals surface area (Å²) in [6, 6.07) is 46.2. The predicted molar refractivity (Wildman–Crippen MR) is 196 cm³/mol. The van der Waals surface area contributed by atoms with Crippen molar-refractivity contribution in [2.45, 2.75) is 32.6 Å². The van der Waals surface area contributed by atoms with E-state index in [9.17, 15) is 0 Å². The molecule has 0 spiro atoms. The summed E-state index contributed by atoms with van der Waals surface area (Å²) in [5.41, 5.74) is 13.6. The molecule has 1 aliphatic carbocycles. The molecule has 9 aromatic rings. The van der Waals surface area contributed by atoms with Crippen molar-refractivity contribution < 1.29 is 4.42 Å². The second kappa shape index (κ2) is 9.43. The third-order valence-electron chi connectivity index (χ3n) is 10.6. The zero-order valence-corrected chi connectivity index (χ0v) is 26.6. The van der Waals surface area contributed by atoms with Crippen LogP contribution in [-0.2, 0) is 11.8 Å². The minimum atomic E-state index is -0.103. The summed E-state index contributed by atoms with van der Waals surface area (Å²) in [6.07, 6.45) is 0.809. The lowest BCUT2D eigenvalue weighted by atomic mass is 9.82. The number of hydrogen-bond acceptors (Lipinski definition) is 2. The topological polar surface area (TPSA) is 31.0 Å². The van der Waals surface area contributed by atoms with Gasteiger partial charge in [0, 0.05) is 32.7 Å². The Bertz CT molecular complexity index is 2760.